The van der Waals surface area contributed by atoms with E-state index in [1.54, 1.807) is 0 Å². The number of halogens is 3. The first-order valence-corrected chi connectivity index (χ1v) is 7.08. The fourth-order valence-corrected chi connectivity index (χ4v) is 2.41. The fraction of sp³-hybridized carbons (Fsp3) is 0.308. The van der Waals surface area contributed by atoms with Gasteiger partial charge < -0.3 is 15.5 Å². The first-order valence-electron chi connectivity index (χ1n) is 6.09. The van der Waals surface area contributed by atoms with Crippen molar-refractivity contribution in [1.29, 1.82) is 0 Å². The minimum Gasteiger partial charge on any atom is -0.507 e. The quantitative estimate of drug-likeness (QED) is 0.748. The lowest BCUT2D eigenvalue weighted by atomic mass is 10.1. The molecule has 1 amide bonds. The lowest BCUT2D eigenvalue weighted by Gasteiger charge is -2.13. The van der Waals surface area contributed by atoms with Gasteiger partial charge in [-0.2, -0.15) is 13.2 Å². The third-order valence-electron chi connectivity index (χ3n) is 2.60. The van der Waals surface area contributed by atoms with Crippen molar-refractivity contribution >= 4 is 28.8 Å². The number of hydrogen-bond donors (Lipinski definition) is 3. The van der Waals surface area contributed by atoms with Crippen molar-refractivity contribution in [3.05, 3.63) is 29.3 Å². The Balaban J connectivity index is 2.82. The van der Waals surface area contributed by atoms with E-state index in [9.17, 15) is 32.7 Å². The van der Waals surface area contributed by atoms with Gasteiger partial charge in [0.2, 0.25) is 11.0 Å². The molecule has 0 fully saturated rings. The number of carboxylic acids is 1. The van der Waals surface area contributed by atoms with Crippen molar-refractivity contribution in [2.24, 2.45) is 0 Å². The highest BCUT2D eigenvalue weighted by Gasteiger charge is 2.31. The third kappa shape index (κ3) is 5.47. The van der Waals surface area contributed by atoms with Crippen LogP contribution in [0.2, 0.25) is 0 Å². The smallest absolute Gasteiger partial charge is 0.416 e. The number of amides is 1. The summed E-state index contributed by atoms with van der Waals surface area (Å²) in [5.41, 5.74) is -1.49. The van der Waals surface area contributed by atoms with Crippen LogP contribution in [0.1, 0.15) is 22.8 Å². The highest BCUT2D eigenvalue weighted by molar-refractivity contribution is 8.14. The molecular weight excluding hydrogens is 339 g/mol. The van der Waals surface area contributed by atoms with Gasteiger partial charge in [0.05, 0.1) is 11.1 Å². The number of hydrogen-bond acceptors (Lipinski definition) is 5. The van der Waals surface area contributed by atoms with Crippen LogP contribution in [0, 0.1) is 0 Å². The second-order valence-electron chi connectivity index (χ2n) is 4.42. The predicted molar refractivity (Wildman–Crippen MR) is 75.1 cm³/mol. The average Bonchev–Trinajstić information content (AvgIpc) is 2.41. The Morgan fingerprint density at radius 2 is 1.91 bits per heavy atom. The summed E-state index contributed by atoms with van der Waals surface area (Å²) in [4.78, 5) is 33.6. The second-order valence-corrected chi connectivity index (χ2v) is 5.41. The Bertz CT molecular complexity index is 633. The van der Waals surface area contributed by atoms with E-state index in [-0.39, 0.29) is 11.3 Å². The molecule has 0 aliphatic heterocycles. The van der Waals surface area contributed by atoms with Crippen LogP contribution in [-0.2, 0) is 15.8 Å². The summed E-state index contributed by atoms with van der Waals surface area (Å²) >= 11 is 0.460. The molecule has 0 spiro atoms. The molecule has 0 aliphatic rings. The van der Waals surface area contributed by atoms with Crippen LogP contribution < -0.4 is 5.32 Å². The van der Waals surface area contributed by atoms with E-state index < -0.39 is 40.5 Å². The molecule has 1 aromatic rings. The number of thioether (sulfide) groups is 1. The molecule has 1 unspecified atom stereocenters. The monoisotopic (exact) mass is 351 g/mol. The summed E-state index contributed by atoms with van der Waals surface area (Å²) in [5, 5.41) is 19.7. The maximum atomic E-state index is 12.5. The first kappa shape index (κ1) is 18.8. The molecular formula is C13H12F3NO5S. The number of benzene rings is 1. The number of phenolic OH excluding ortho intramolecular Hbond substituents is 1. The van der Waals surface area contributed by atoms with Gasteiger partial charge in [0.1, 0.15) is 11.8 Å². The SMILES string of the molecule is CC(=O)NC(CSC(=O)c1ccc(C(F)(F)F)cc1O)C(=O)O. The van der Waals surface area contributed by atoms with Gasteiger partial charge in [0.25, 0.3) is 0 Å². The molecule has 0 aromatic heterocycles. The van der Waals surface area contributed by atoms with E-state index in [4.69, 9.17) is 5.11 Å². The van der Waals surface area contributed by atoms with Gasteiger partial charge in [-0.05, 0) is 18.2 Å². The highest BCUT2D eigenvalue weighted by atomic mass is 32.2. The van der Waals surface area contributed by atoms with Crippen LogP contribution in [0.3, 0.4) is 0 Å². The van der Waals surface area contributed by atoms with E-state index in [2.05, 4.69) is 5.32 Å². The van der Waals surface area contributed by atoms with Gasteiger partial charge in [-0.3, -0.25) is 9.59 Å². The van der Waals surface area contributed by atoms with Crippen molar-refractivity contribution in [2.75, 3.05) is 5.75 Å². The summed E-state index contributed by atoms with van der Waals surface area (Å²) < 4.78 is 37.4. The van der Waals surface area contributed by atoms with E-state index in [1.165, 1.54) is 0 Å². The van der Waals surface area contributed by atoms with Crippen molar-refractivity contribution in [3.8, 4) is 5.75 Å². The number of carboxylic acid groups (broad SMARTS) is 1. The molecule has 23 heavy (non-hydrogen) atoms. The molecule has 1 rings (SSSR count). The zero-order valence-electron chi connectivity index (χ0n) is 11.7. The Labute approximate surface area is 132 Å². The van der Waals surface area contributed by atoms with Crippen LogP contribution in [0.5, 0.6) is 5.75 Å². The maximum Gasteiger partial charge on any atom is 0.416 e. The summed E-state index contributed by atoms with van der Waals surface area (Å²) in [6.07, 6.45) is -4.66. The van der Waals surface area contributed by atoms with E-state index >= 15 is 0 Å². The molecule has 3 N–H and O–H groups in total. The van der Waals surface area contributed by atoms with Gasteiger partial charge in [-0.1, -0.05) is 11.8 Å². The lowest BCUT2D eigenvalue weighted by molar-refractivity contribution is -0.140. The Morgan fingerprint density at radius 1 is 1.30 bits per heavy atom. The molecule has 0 saturated carbocycles. The lowest BCUT2D eigenvalue weighted by Crippen LogP contribution is -2.41. The number of alkyl halides is 3. The number of phenols is 1. The van der Waals surface area contributed by atoms with Crippen molar-refractivity contribution in [1.82, 2.24) is 5.32 Å². The van der Waals surface area contributed by atoms with Gasteiger partial charge in [0.15, 0.2) is 0 Å². The zero-order valence-corrected chi connectivity index (χ0v) is 12.5. The Morgan fingerprint density at radius 3 is 2.35 bits per heavy atom. The van der Waals surface area contributed by atoms with Crippen molar-refractivity contribution < 1.29 is 37.8 Å². The second kappa shape index (κ2) is 7.36. The number of rotatable bonds is 5. The third-order valence-corrected chi connectivity index (χ3v) is 3.58. The topological polar surface area (TPSA) is 104 Å². The molecule has 0 radical (unpaired) electrons. The van der Waals surface area contributed by atoms with Gasteiger partial charge in [-0.15, -0.1) is 0 Å². The fourth-order valence-electron chi connectivity index (χ4n) is 1.54. The van der Waals surface area contributed by atoms with E-state index in [0.29, 0.717) is 23.9 Å². The normalized spacial score (nSPS) is 12.5. The highest BCUT2D eigenvalue weighted by Crippen LogP contribution is 2.33. The van der Waals surface area contributed by atoms with Gasteiger partial charge >= 0.3 is 12.1 Å². The summed E-state index contributed by atoms with van der Waals surface area (Å²) in [5.74, 6) is -3.17. The maximum absolute atomic E-state index is 12.5. The Hall–Kier alpha value is -2.23. The molecule has 1 aromatic carbocycles. The molecule has 6 nitrogen and oxygen atoms in total. The predicted octanol–water partition coefficient (Wildman–Crippen LogP) is 1.87. The number of carbonyl (C=O) groups is 3. The van der Waals surface area contributed by atoms with Crippen LogP contribution in [0.15, 0.2) is 18.2 Å². The van der Waals surface area contributed by atoms with Crippen LogP contribution in [0.4, 0.5) is 13.2 Å². The number of carbonyl (C=O) groups excluding carboxylic acids is 2. The molecule has 1 atom stereocenters. The van der Waals surface area contributed by atoms with Crippen molar-refractivity contribution in [2.45, 2.75) is 19.1 Å². The number of aromatic hydroxyl groups is 1. The first-order chi connectivity index (χ1) is 10.5. The number of aliphatic carboxylic acids is 1. The van der Waals surface area contributed by atoms with Crippen LogP contribution in [0.25, 0.3) is 0 Å². The van der Waals surface area contributed by atoms with E-state index in [0.717, 1.165) is 13.0 Å². The largest absolute Gasteiger partial charge is 0.507 e. The van der Waals surface area contributed by atoms with Crippen LogP contribution >= 0.6 is 11.8 Å². The minimum atomic E-state index is -4.66. The summed E-state index contributed by atoms with van der Waals surface area (Å²) in [6.45, 7) is 1.10. The zero-order chi connectivity index (χ0) is 17.8. The summed E-state index contributed by atoms with van der Waals surface area (Å²) in [6, 6.07) is 0.520. The van der Waals surface area contributed by atoms with Gasteiger partial charge in [-0.25, -0.2) is 4.79 Å². The molecule has 0 saturated heterocycles. The van der Waals surface area contributed by atoms with Crippen molar-refractivity contribution in [3.63, 3.8) is 0 Å². The number of nitrogens with one attached hydrogen (secondary N) is 1. The Kier molecular flexibility index (Phi) is 6.02. The summed E-state index contributed by atoms with van der Waals surface area (Å²) in [7, 11) is 0. The standard InChI is InChI=1S/C13H12F3NO5S/c1-6(18)17-9(11(20)21)5-23-12(22)8-3-2-7(4-10(8)19)13(14,15)16/h2-4,9,19H,5H2,1H3,(H,17,18)(H,20,21). The molecule has 0 aliphatic carbocycles. The van der Waals surface area contributed by atoms with Crippen LogP contribution in [-0.4, -0.2) is 39.0 Å². The molecule has 126 valence electrons. The molecule has 10 heteroatoms. The molecule has 0 heterocycles. The molecule has 0 bridgehead atoms. The minimum absolute atomic E-state index is 0.339. The van der Waals surface area contributed by atoms with E-state index in [1.807, 2.05) is 0 Å². The average molecular weight is 351 g/mol. The van der Waals surface area contributed by atoms with Gasteiger partial charge in [0, 0.05) is 12.7 Å².